The molecular weight excluding hydrogens is 320 g/mol. The highest BCUT2D eigenvalue weighted by Gasteiger charge is 2.25. The lowest BCUT2D eigenvalue weighted by Gasteiger charge is -2.01. The summed E-state index contributed by atoms with van der Waals surface area (Å²) in [5.41, 5.74) is 1.65. The topological polar surface area (TPSA) is 51.5 Å². The fraction of sp³-hybridized carbons (Fsp3) is 0. The van der Waals surface area contributed by atoms with Gasteiger partial charge in [-0.05, 0) is 46.3 Å². The number of benzene rings is 1. The molecule has 2 aromatic rings. The molecule has 98 valence electrons. The quantitative estimate of drug-likeness (QED) is 0.628. The Labute approximate surface area is 124 Å². The Morgan fingerprint density at radius 1 is 1.10 bits per heavy atom. The van der Waals surface area contributed by atoms with Gasteiger partial charge < -0.3 is 4.74 Å². The zero-order valence-electron chi connectivity index (χ0n) is 10.3. The van der Waals surface area contributed by atoms with Crippen molar-refractivity contribution < 1.29 is 9.53 Å². The van der Waals surface area contributed by atoms with E-state index >= 15 is 0 Å². The van der Waals surface area contributed by atoms with Crippen LogP contribution in [0.25, 0.3) is 6.08 Å². The van der Waals surface area contributed by atoms with E-state index < -0.39 is 5.97 Å². The van der Waals surface area contributed by atoms with Gasteiger partial charge in [-0.2, -0.15) is 0 Å². The number of hydrogen-bond donors (Lipinski definition) is 0. The molecule has 0 spiro atoms. The first kappa shape index (κ1) is 12.7. The Kier molecular flexibility index (Phi) is 3.43. The molecule has 20 heavy (non-hydrogen) atoms. The molecule has 0 bridgehead atoms. The van der Waals surface area contributed by atoms with E-state index in [9.17, 15) is 4.79 Å². The molecule has 0 fully saturated rings. The van der Waals surface area contributed by atoms with Crippen LogP contribution in [0.15, 0.2) is 63.8 Å². The van der Waals surface area contributed by atoms with Crippen molar-refractivity contribution in [2.75, 3.05) is 0 Å². The third-order valence-electron chi connectivity index (χ3n) is 2.70. The van der Waals surface area contributed by atoms with Crippen molar-refractivity contribution in [2.45, 2.75) is 0 Å². The van der Waals surface area contributed by atoms with Gasteiger partial charge in [0.2, 0.25) is 5.90 Å². The van der Waals surface area contributed by atoms with Crippen LogP contribution in [-0.4, -0.2) is 16.9 Å². The van der Waals surface area contributed by atoms with Gasteiger partial charge in [0.25, 0.3) is 0 Å². The fourth-order valence-corrected chi connectivity index (χ4v) is 2.21. The average Bonchev–Trinajstić information content (AvgIpc) is 2.81. The number of cyclic esters (lactones) is 1. The minimum Gasteiger partial charge on any atom is -0.402 e. The molecule has 1 aliphatic rings. The van der Waals surface area contributed by atoms with Crippen LogP contribution in [0.2, 0.25) is 0 Å². The minimum absolute atomic E-state index is 0.245. The molecule has 1 aromatic carbocycles. The molecule has 0 saturated heterocycles. The molecule has 5 heteroatoms. The molecule has 4 nitrogen and oxygen atoms in total. The van der Waals surface area contributed by atoms with Crippen LogP contribution in [-0.2, 0) is 9.53 Å². The number of aliphatic imine (C=N–C) groups is 1. The fourth-order valence-electron chi connectivity index (χ4n) is 1.76. The van der Waals surface area contributed by atoms with Crippen LogP contribution in [0.1, 0.15) is 11.3 Å². The Hall–Kier alpha value is -2.27. The maximum absolute atomic E-state index is 11.8. The first-order valence-corrected chi connectivity index (χ1v) is 6.72. The summed E-state index contributed by atoms with van der Waals surface area (Å²) in [7, 11) is 0. The Balaban J connectivity index is 1.98. The minimum atomic E-state index is -0.471. The van der Waals surface area contributed by atoms with Gasteiger partial charge in [-0.1, -0.05) is 18.2 Å². The number of rotatable bonds is 2. The summed E-state index contributed by atoms with van der Waals surface area (Å²) in [6.45, 7) is 0. The monoisotopic (exact) mass is 328 g/mol. The van der Waals surface area contributed by atoms with Gasteiger partial charge in [0.15, 0.2) is 5.70 Å². The number of hydrogen-bond acceptors (Lipinski definition) is 4. The van der Waals surface area contributed by atoms with Gasteiger partial charge in [0.1, 0.15) is 0 Å². The van der Waals surface area contributed by atoms with E-state index in [1.807, 2.05) is 36.4 Å². The second-order valence-electron chi connectivity index (χ2n) is 4.07. The third kappa shape index (κ3) is 2.53. The zero-order chi connectivity index (χ0) is 13.9. The van der Waals surface area contributed by atoms with Crippen molar-refractivity contribution in [3.05, 3.63) is 70.1 Å². The summed E-state index contributed by atoms with van der Waals surface area (Å²) in [5.74, 6) is -0.175. The highest BCUT2D eigenvalue weighted by Crippen LogP contribution is 2.23. The van der Waals surface area contributed by atoms with E-state index in [1.54, 1.807) is 18.3 Å². The maximum atomic E-state index is 11.8. The Morgan fingerprint density at radius 2 is 1.90 bits per heavy atom. The molecule has 0 saturated carbocycles. The van der Waals surface area contributed by atoms with Gasteiger partial charge in [-0.15, -0.1) is 0 Å². The van der Waals surface area contributed by atoms with Crippen molar-refractivity contribution in [3.8, 4) is 0 Å². The van der Waals surface area contributed by atoms with Crippen molar-refractivity contribution in [1.82, 2.24) is 4.98 Å². The number of esters is 1. The first-order valence-electron chi connectivity index (χ1n) is 5.92. The van der Waals surface area contributed by atoms with Crippen LogP contribution < -0.4 is 0 Å². The average molecular weight is 329 g/mol. The number of ether oxygens (including phenoxy) is 1. The van der Waals surface area contributed by atoms with Crippen molar-refractivity contribution in [1.29, 1.82) is 0 Å². The highest BCUT2D eigenvalue weighted by molar-refractivity contribution is 9.10. The summed E-state index contributed by atoms with van der Waals surface area (Å²) in [4.78, 5) is 20.2. The summed E-state index contributed by atoms with van der Waals surface area (Å²) < 4.78 is 6.02. The zero-order valence-corrected chi connectivity index (χ0v) is 11.9. The lowest BCUT2D eigenvalue weighted by atomic mass is 10.2. The molecule has 0 N–H and O–H groups in total. The van der Waals surface area contributed by atoms with Gasteiger partial charge in [0, 0.05) is 10.7 Å². The number of halogens is 1. The molecule has 2 heterocycles. The van der Waals surface area contributed by atoms with E-state index in [0.29, 0.717) is 11.6 Å². The van der Waals surface area contributed by atoms with Gasteiger partial charge >= 0.3 is 5.97 Å². The third-order valence-corrected chi connectivity index (χ3v) is 3.39. The molecule has 3 rings (SSSR count). The summed E-state index contributed by atoms with van der Waals surface area (Å²) in [6, 6.07) is 12.9. The normalized spacial score (nSPS) is 16.1. The van der Waals surface area contributed by atoms with E-state index in [0.717, 1.165) is 10.0 Å². The van der Waals surface area contributed by atoms with Crippen molar-refractivity contribution in [3.63, 3.8) is 0 Å². The molecule has 1 aromatic heterocycles. The summed E-state index contributed by atoms with van der Waals surface area (Å²) in [5, 5.41) is 0. The van der Waals surface area contributed by atoms with E-state index in [-0.39, 0.29) is 5.70 Å². The van der Waals surface area contributed by atoms with Crippen LogP contribution in [0.4, 0.5) is 0 Å². The highest BCUT2D eigenvalue weighted by atomic mass is 79.9. The van der Waals surface area contributed by atoms with Crippen LogP contribution >= 0.6 is 15.9 Å². The van der Waals surface area contributed by atoms with Gasteiger partial charge in [-0.25, -0.2) is 9.79 Å². The predicted molar refractivity (Wildman–Crippen MR) is 79.0 cm³/mol. The standard InChI is InChI=1S/C15H9BrN2O2/c16-12-7-2-1-6-11(12)14-18-13(15(19)20-14)9-10-5-3-4-8-17-10/h1-9H/b13-9-. The van der Waals surface area contributed by atoms with Crippen molar-refractivity contribution in [2.24, 2.45) is 4.99 Å². The molecule has 0 radical (unpaired) electrons. The van der Waals surface area contributed by atoms with Crippen molar-refractivity contribution >= 4 is 33.9 Å². The molecule has 0 atom stereocenters. The van der Waals surface area contributed by atoms with E-state index in [4.69, 9.17) is 4.74 Å². The number of pyridine rings is 1. The van der Waals surface area contributed by atoms with Crippen LogP contribution in [0.3, 0.4) is 0 Å². The molecule has 0 aliphatic carbocycles. The largest absolute Gasteiger partial charge is 0.402 e. The SMILES string of the molecule is O=C1OC(c2ccccc2Br)=N/C1=C\c1ccccn1. The smallest absolute Gasteiger partial charge is 0.363 e. The maximum Gasteiger partial charge on any atom is 0.363 e. The van der Waals surface area contributed by atoms with Crippen LogP contribution in [0.5, 0.6) is 0 Å². The number of aromatic nitrogens is 1. The molecule has 0 amide bonds. The molecular formula is C15H9BrN2O2. The second-order valence-corrected chi connectivity index (χ2v) is 4.92. The Morgan fingerprint density at radius 3 is 2.65 bits per heavy atom. The van der Waals surface area contributed by atoms with E-state index in [2.05, 4.69) is 25.9 Å². The summed E-state index contributed by atoms with van der Waals surface area (Å²) in [6.07, 6.45) is 3.26. The number of carbonyl (C=O) groups excluding carboxylic acids is 1. The van der Waals surface area contributed by atoms with Gasteiger partial charge in [-0.3, -0.25) is 4.98 Å². The van der Waals surface area contributed by atoms with Crippen LogP contribution in [0, 0.1) is 0 Å². The Bertz CT molecular complexity index is 724. The number of carbonyl (C=O) groups is 1. The first-order chi connectivity index (χ1) is 9.74. The van der Waals surface area contributed by atoms with E-state index in [1.165, 1.54) is 0 Å². The van der Waals surface area contributed by atoms with Gasteiger partial charge in [0.05, 0.1) is 11.3 Å². The number of nitrogens with zero attached hydrogens (tertiary/aromatic N) is 2. The second kappa shape index (κ2) is 5.38. The lowest BCUT2D eigenvalue weighted by molar-refractivity contribution is -0.129. The molecule has 1 aliphatic heterocycles. The summed E-state index contributed by atoms with van der Waals surface area (Å²) >= 11 is 3.41. The lowest BCUT2D eigenvalue weighted by Crippen LogP contribution is -2.05. The predicted octanol–water partition coefficient (Wildman–Crippen LogP) is 3.19. The molecule has 0 unspecified atom stereocenters.